The van der Waals surface area contributed by atoms with Gasteiger partial charge in [-0.1, -0.05) is 0 Å². The Morgan fingerprint density at radius 3 is 2.90 bits per heavy atom. The highest BCUT2D eigenvalue weighted by Gasteiger charge is 2.30. The molecular weight excluding hydrogens is 266 g/mol. The van der Waals surface area contributed by atoms with E-state index in [-0.39, 0.29) is 11.9 Å². The van der Waals surface area contributed by atoms with Crippen molar-refractivity contribution in [2.75, 3.05) is 19.8 Å². The number of rotatable bonds is 2. The summed E-state index contributed by atoms with van der Waals surface area (Å²) < 4.78 is 7.61. The molecule has 5 nitrogen and oxygen atoms in total. The van der Waals surface area contributed by atoms with Crippen molar-refractivity contribution >= 4 is 5.91 Å². The smallest absolute Gasteiger partial charge is 0.256 e. The number of carbonyl (C=O) groups is 1. The van der Waals surface area contributed by atoms with Crippen molar-refractivity contribution in [1.82, 2.24) is 14.5 Å². The largest absolute Gasteiger partial charge is 0.377 e. The minimum Gasteiger partial charge on any atom is -0.377 e. The van der Waals surface area contributed by atoms with Gasteiger partial charge in [-0.25, -0.2) is 0 Å². The first kappa shape index (κ1) is 13.8. The van der Waals surface area contributed by atoms with Crippen molar-refractivity contribution in [2.45, 2.75) is 13.0 Å². The summed E-state index contributed by atoms with van der Waals surface area (Å²) in [5, 5.41) is 0. The maximum atomic E-state index is 12.7. The van der Waals surface area contributed by atoms with Gasteiger partial charge in [-0.05, 0) is 31.2 Å². The van der Waals surface area contributed by atoms with E-state index in [0.29, 0.717) is 25.3 Å². The van der Waals surface area contributed by atoms with Gasteiger partial charge in [0.25, 0.3) is 5.91 Å². The summed E-state index contributed by atoms with van der Waals surface area (Å²) in [7, 11) is 1.99. The van der Waals surface area contributed by atoms with Gasteiger partial charge < -0.3 is 14.2 Å². The van der Waals surface area contributed by atoms with Crippen LogP contribution in [-0.2, 0) is 11.8 Å². The summed E-state index contributed by atoms with van der Waals surface area (Å²) in [5.41, 5.74) is 2.62. The quantitative estimate of drug-likeness (QED) is 0.847. The number of aromatic nitrogens is 2. The predicted molar refractivity (Wildman–Crippen MR) is 79.0 cm³/mol. The van der Waals surface area contributed by atoms with Crippen molar-refractivity contribution in [3.8, 4) is 0 Å². The van der Waals surface area contributed by atoms with Crippen LogP contribution in [0.4, 0.5) is 0 Å². The van der Waals surface area contributed by atoms with Crippen molar-refractivity contribution in [3.05, 3.63) is 53.6 Å². The number of ether oxygens (including phenoxy) is 1. The van der Waals surface area contributed by atoms with Crippen LogP contribution in [0.1, 0.15) is 27.8 Å². The Morgan fingerprint density at radius 1 is 1.38 bits per heavy atom. The van der Waals surface area contributed by atoms with E-state index >= 15 is 0 Å². The van der Waals surface area contributed by atoms with Crippen LogP contribution in [0, 0.1) is 6.92 Å². The lowest BCUT2D eigenvalue weighted by molar-refractivity contribution is -0.00465. The highest BCUT2D eigenvalue weighted by atomic mass is 16.5. The molecule has 0 radical (unpaired) electrons. The number of hydrogen-bond donors (Lipinski definition) is 0. The fourth-order valence-corrected chi connectivity index (χ4v) is 2.67. The van der Waals surface area contributed by atoms with Crippen LogP contribution in [-0.4, -0.2) is 40.1 Å². The molecule has 110 valence electrons. The van der Waals surface area contributed by atoms with Gasteiger partial charge in [0, 0.05) is 37.4 Å². The first-order valence-electron chi connectivity index (χ1n) is 7.09. The molecule has 2 aromatic heterocycles. The number of morpholine rings is 1. The molecule has 1 aliphatic rings. The lowest BCUT2D eigenvalue weighted by Gasteiger charge is -2.36. The molecule has 0 saturated carbocycles. The number of pyridine rings is 1. The third-order valence-corrected chi connectivity index (χ3v) is 3.87. The van der Waals surface area contributed by atoms with E-state index in [9.17, 15) is 4.79 Å². The van der Waals surface area contributed by atoms with Crippen LogP contribution in [0.3, 0.4) is 0 Å². The average Bonchev–Trinajstić information content (AvgIpc) is 2.93. The number of carbonyl (C=O) groups excluding carboxylic acids is 1. The Kier molecular flexibility index (Phi) is 3.75. The second kappa shape index (κ2) is 5.69. The van der Waals surface area contributed by atoms with Crippen LogP contribution in [0.25, 0.3) is 0 Å². The Hall–Kier alpha value is -2.14. The molecule has 1 amide bonds. The molecule has 3 rings (SSSR count). The van der Waals surface area contributed by atoms with Crippen molar-refractivity contribution < 1.29 is 9.53 Å². The third-order valence-electron chi connectivity index (χ3n) is 3.87. The molecule has 0 N–H and O–H groups in total. The highest BCUT2D eigenvalue weighted by molar-refractivity contribution is 5.94. The minimum absolute atomic E-state index is 0.0111. The SMILES string of the molecule is Cc1ccc(C(=O)N2CCOC[C@@H]2c2cccn2C)cn1. The van der Waals surface area contributed by atoms with E-state index in [1.165, 1.54) is 0 Å². The summed E-state index contributed by atoms with van der Waals surface area (Å²) in [6, 6.07) is 7.67. The lowest BCUT2D eigenvalue weighted by atomic mass is 10.1. The van der Waals surface area contributed by atoms with E-state index in [1.54, 1.807) is 6.20 Å². The predicted octanol–water partition coefficient (Wildman–Crippen LogP) is 1.94. The Morgan fingerprint density at radius 2 is 2.24 bits per heavy atom. The molecule has 0 spiro atoms. The van der Waals surface area contributed by atoms with Gasteiger partial charge in [-0.15, -0.1) is 0 Å². The molecule has 0 aliphatic carbocycles. The molecule has 1 atom stereocenters. The molecule has 0 unspecified atom stereocenters. The first-order valence-corrected chi connectivity index (χ1v) is 7.09. The van der Waals surface area contributed by atoms with E-state index in [0.717, 1.165) is 11.4 Å². The minimum atomic E-state index is -0.0486. The molecule has 21 heavy (non-hydrogen) atoms. The second-order valence-corrected chi connectivity index (χ2v) is 5.32. The molecule has 1 fully saturated rings. The third kappa shape index (κ3) is 2.69. The number of hydrogen-bond acceptors (Lipinski definition) is 3. The average molecular weight is 285 g/mol. The molecule has 5 heteroatoms. The zero-order valence-electron chi connectivity index (χ0n) is 12.3. The van der Waals surface area contributed by atoms with Crippen molar-refractivity contribution in [3.63, 3.8) is 0 Å². The first-order chi connectivity index (χ1) is 10.2. The Bertz CT molecular complexity index is 633. The van der Waals surface area contributed by atoms with E-state index < -0.39 is 0 Å². The van der Waals surface area contributed by atoms with Gasteiger partial charge >= 0.3 is 0 Å². The monoisotopic (exact) mass is 285 g/mol. The summed E-state index contributed by atoms with van der Waals surface area (Å²) in [6.07, 6.45) is 3.63. The summed E-state index contributed by atoms with van der Waals surface area (Å²) in [5.74, 6) is 0.0111. The normalized spacial score (nSPS) is 18.8. The Labute approximate surface area is 124 Å². The van der Waals surface area contributed by atoms with E-state index in [2.05, 4.69) is 4.98 Å². The zero-order chi connectivity index (χ0) is 14.8. The number of amides is 1. The molecule has 2 aromatic rings. The van der Waals surface area contributed by atoms with Crippen molar-refractivity contribution in [2.24, 2.45) is 7.05 Å². The van der Waals surface area contributed by atoms with Gasteiger partial charge in [-0.3, -0.25) is 9.78 Å². The molecular formula is C16H19N3O2. The molecule has 1 saturated heterocycles. The Balaban J connectivity index is 1.89. The standard InChI is InChI=1S/C16H19N3O2/c1-12-5-6-13(10-17-12)16(20)19-8-9-21-11-15(19)14-4-3-7-18(14)2/h3-7,10,15H,8-9,11H2,1-2H3/t15-/m1/s1. The molecule has 0 aromatic carbocycles. The fraction of sp³-hybridized carbons (Fsp3) is 0.375. The van der Waals surface area contributed by atoms with Gasteiger partial charge in [0.2, 0.25) is 0 Å². The maximum Gasteiger partial charge on any atom is 0.256 e. The topological polar surface area (TPSA) is 47.4 Å². The lowest BCUT2D eigenvalue weighted by Crippen LogP contribution is -2.44. The van der Waals surface area contributed by atoms with Gasteiger partial charge in [0.1, 0.15) is 0 Å². The summed E-state index contributed by atoms with van der Waals surface area (Å²) >= 11 is 0. The molecule has 1 aliphatic heterocycles. The molecule has 0 bridgehead atoms. The van der Waals surface area contributed by atoms with Gasteiger partial charge in [0.05, 0.1) is 24.8 Å². The number of aryl methyl sites for hydroxylation is 2. The van der Waals surface area contributed by atoms with Crippen LogP contribution in [0.5, 0.6) is 0 Å². The maximum absolute atomic E-state index is 12.7. The van der Waals surface area contributed by atoms with Crippen LogP contribution in [0.15, 0.2) is 36.7 Å². The number of nitrogens with zero attached hydrogens (tertiary/aromatic N) is 3. The summed E-state index contributed by atoms with van der Waals surface area (Å²) in [4.78, 5) is 18.8. The highest BCUT2D eigenvalue weighted by Crippen LogP contribution is 2.25. The fourth-order valence-electron chi connectivity index (χ4n) is 2.67. The van der Waals surface area contributed by atoms with Crippen LogP contribution < -0.4 is 0 Å². The van der Waals surface area contributed by atoms with Crippen LogP contribution >= 0.6 is 0 Å². The summed E-state index contributed by atoms with van der Waals surface area (Å²) in [6.45, 7) is 3.62. The second-order valence-electron chi connectivity index (χ2n) is 5.32. The molecule has 3 heterocycles. The van der Waals surface area contributed by atoms with Crippen LogP contribution in [0.2, 0.25) is 0 Å². The van der Waals surface area contributed by atoms with Crippen molar-refractivity contribution in [1.29, 1.82) is 0 Å². The van der Waals surface area contributed by atoms with E-state index in [4.69, 9.17) is 4.74 Å². The van der Waals surface area contributed by atoms with Gasteiger partial charge in [-0.2, -0.15) is 0 Å². The zero-order valence-corrected chi connectivity index (χ0v) is 12.3. The van der Waals surface area contributed by atoms with Gasteiger partial charge in [0.15, 0.2) is 0 Å². The van der Waals surface area contributed by atoms with E-state index in [1.807, 2.05) is 53.9 Å².